The topological polar surface area (TPSA) is 96.8 Å². The summed E-state index contributed by atoms with van der Waals surface area (Å²) in [5.41, 5.74) is 3.14. The molecule has 3 rings (SSSR count). The zero-order valence-corrected chi connectivity index (χ0v) is 14.9. The molecule has 0 unspecified atom stereocenters. The Labute approximate surface area is 149 Å². The molecule has 0 bridgehead atoms. The molecule has 0 fully saturated rings. The van der Waals surface area contributed by atoms with E-state index in [4.69, 9.17) is 0 Å². The largest absolute Gasteiger partial charge is 0.350 e. The normalized spacial score (nSPS) is 10.9. The minimum Gasteiger partial charge on any atom is -0.350 e. The van der Waals surface area contributed by atoms with E-state index < -0.39 is 0 Å². The van der Waals surface area contributed by atoms with Crippen molar-refractivity contribution in [2.24, 2.45) is 0 Å². The summed E-state index contributed by atoms with van der Waals surface area (Å²) in [6.07, 6.45) is 1.38. The summed E-state index contributed by atoms with van der Waals surface area (Å²) in [6.45, 7) is 5.46. The van der Waals surface area contributed by atoms with Crippen molar-refractivity contribution in [2.45, 2.75) is 33.9 Å². The second-order valence-electron chi connectivity index (χ2n) is 6.37. The number of nitrogens with zero attached hydrogens (tertiary/aromatic N) is 2. The lowest BCUT2D eigenvalue weighted by molar-refractivity contribution is -0.121. The molecule has 2 N–H and O–H groups in total. The average Bonchev–Trinajstić information content (AvgIpc) is 2.57. The highest BCUT2D eigenvalue weighted by atomic mass is 16.2. The van der Waals surface area contributed by atoms with Crippen LogP contribution in [0.5, 0.6) is 0 Å². The number of pyridine rings is 1. The standard InChI is InChI=1S/C19H20N4O3/c1-11-5-4-6-14-17(11)21-10-23(19(14)26)9-16(24)20-8-15-12(2)7-13(3)22-18(15)25/h4-7,10H,8-9H2,1-3H3,(H,20,24)(H,22,25). The zero-order valence-electron chi connectivity index (χ0n) is 14.9. The highest BCUT2D eigenvalue weighted by molar-refractivity contribution is 5.81. The molecule has 1 amide bonds. The lowest BCUT2D eigenvalue weighted by atomic mass is 10.1. The maximum atomic E-state index is 12.5. The maximum Gasteiger partial charge on any atom is 0.261 e. The van der Waals surface area contributed by atoms with Crippen molar-refractivity contribution < 1.29 is 4.79 Å². The lowest BCUT2D eigenvalue weighted by Gasteiger charge is -2.10. The third-order valence-electron chi connectivity index (χ3n) is 4.33. The summed E-state index contributed by atoms with van der Waals surface area (Å²) in [4.78, 5) is 43.7. The number of aromatic amines is 1. The fourth-order valence-electron chi connectivity index (χ4n) is 2.95. The van der Waals surface area contributed by atoms with Gasteiger partial charge < -0.3 is 10.3 Å². The Morgan fingerprint density at radius 2 is 1.96 bits per heavy atom. The first-order valence-electron chi connectivity index (χ1n) is 8.27. The van der Waals surface area contributed by atoms with Crippen molar-refractivity contribution in [3.8, 4) is 0 Å². The molecule has 1 aromatic carbocycles. The predicted octanol–water partition coefficient (Wildman–Crippen LogP) is 1.33. The van der Waals surface area contributed by atoms with Crippen LogP contribution >= 0.6 is 0 Å². The summed E-state index contributed by atoms with van der Waals surface area (Å²) in [6, 6.07) is 7.22. The van der Waals surface area contributed by atoms with Crippen LogP contribution in [0.25, 0.3) is 10.9 Å². The van der Waals surface area contributed by atoms with Crippen molar-refractivity contribution in [3.05, 3.63) is 73.7 Å². The van der Waals surface area contributed by atoms with Crippen LogP contribution in [0.4, 0.5) is 0 Å². The first kappa shape index (κ1) is 17.6. The van der Waals surface area contributed by atoms with E-state index in [9.17, 15) is 14.4 Å². The van der Waals surface area contributed by atoms with Gasteiger partial charge in [0.1, 0.15) is 6.54 Å². The third-order valence-corrected chi connectivity index (χ3v) is 4.33. The summed E-state index contributed by atoms with van der Waals surface area (Å²) >= 11 is 0. The van der Waals surface area contributed by atoms with Gasteiger partial charge in [-0.05, 0) is 44.0 Å². The van der Waals surface area contributed by atoms with Gasteiger partial charge in [-0.1, -0.05) is 12.1 Å². The molecule has 3 aromatic rings. The Morgan fingerprint density at radius 1 is 1.19 bits per heavy atom. The molecule has 0 aliphatic carbocycles. The van der Waals surface area contributed by atoms with Crippen LogP contribution in [0.15, 0.2) is 40.2 Å². The highest BCUT2D eigenvalue weighted by Gasteiger charge is 2.11. The fraction of sp³-hybridized carbons (Fsp3) is 0.263. The van der Waals surface area contributed by atoms with Crippen molar-refractivity contribution >= 4 is 16.8 Å². The van der Waals surface area contributed by atoms with Gasteiger partial charge in [-0.15, -0.1) is 0 Å². The number of carbonyl (C=O) groups is 1. The third kappa shape index (κ3) is 3.42. The van der Waals surface area contributed by atoms with E-state index in [2.05, 4.69) is 15.3 Å². The number of rotatable bonds is 4. The Balaban J connectivity index is 1.77. The van der Waals surface area contributed by atoms with Crippen molar-refractivity contribution in [1.82, 2.24) is 19.9 Å². The Kier molecular flexibility index (Phi) is 4.71. The fourth-order valence-corrected chi connectivity index (χ4v) is 2.95. The summed E-state index contributed by atoms with van der Waals surface area (Å²) in [5.74, 6) is -0.361. The number of fused-ring (bicyclic) bond motifs is 1. The summed E-state index contributed by atoms with van der Waals surface area (Å²) in [7, 11) is 0. The first-order valence-corrected chi connectivity index (χ1v) is 8.27. The Morgan fingerprint density at radius 3 is 2.69 bits per heavy atom. The van der Waals surface area contributed by atoms with Crippen LogP contribution in [0.3, 0.4) is 0 Å². The number of aryl methyl sites for hydroxylation is 3. The van der Waals surface area contributed by atoms with Crippen LogP contribution in [0.2, 0.25) is 0 Å². The summed E-state index contributed by atoms with van der Waals surface area (Å²) in [5, 5.41) is 3.17. The molecule has 0 aliphatic heterocycles. The number of nitrogens with one attached hydrogen (secondary N) is 2. The highest BCUT2D eigenvalue weighted by Crippen LogP contribution is 2.11. The molecule has 7 heteroatoms. The molecule has 0 atom stereocenters. The molecule has 7 nitrogen and oxygen atoms in total. The molecule has 134 valence electrons. The maximum absolute atomic E-state index is 12.5. The Hall–Kier alpha value is -3.22. The van der Waals surface area contributed by atoms with Crippen LogP contribution in [-0.2, 0) is 17.9 Å². The number of carbonyl (C=O) groups excluding carboxylic acids is 1. The van der Waals surface area contributed by atoms with Gasteiger partial charge >= 0.3 is 0 Å². The molecule has 26 heavy (non-hydrogen) atoms. The number of hydrogen-bond donors (Lipinski definition) is 2. The number of hydrogen-bond acceptors (Lipinski definition) is 4. The van der Waals surface area contributed by atoms with Gasteiger partial charge in [0.25, 0.3) is 11.1 Å². The second kappa shape index (κ2) is 6.95. The van der Waals surface area contributed by atoms with Crippen LogP contribution in [0, 0.1) is 20.8 Å². The molecule has 0 radical (unpaired) electrons. The second-order valence-corrected chi connectivity index (χ2v) is 6.37. The lowest BCUT2D eigenvalue weighted by Crippen LogP contribution is -2.33. The van der Waals surface area contributed by atoms with E-state index in [1.165, 1.54) is 10.9 Å². The number of para-hydroxylation sites is 1. The monoisotopic (exact) mass is 352 g/mol. The first-order chi connectivity index (χ1) is 12.4. The molecule has 0 saturated heterocycles. The molecule has 2 aromatic heterocycles. The van der Waals surface area contributed by atoms with Crippen LogP contribution < -0.4 is 16.4 Å². The number of amides is 1. The van der Waals surface area contributed by atoms with Gasteiger partial charge in [-0.25, -0.2) is 4.98 Å². The van der Waals surface area contributed by atoms with E-state index in [0.29, 0.717) is 16.5 Å². The quantitative estimate of drug-likeness (QED) is 0.740. The van der Waals surface area contributed by atoms with Gasteiger partial charge in [-0.2, -0.15) is 0 Å². The molecular formula is C19H20N4O3. The molecule has 0 saturated carbocycles. The molecule has 0 aliphatic rings. The van der Waals surface area contributed by atoms with E-state index in [1.807, 2.05) is 26.0 Å². The SMILES string of the molecule is Cc1cc(C)c(CNC(=O)Cn2cnc3c(C)cccc3c2=O)c(=O)[nH]1. The predicted molar refractivity (Wildman–Crippen MR) is 99.1 cm³/mol. The van der Waals surface area contributed by atoms with Gasteiger partial charge in [-0.3, -0.25) is 19.0 Å². The van der Waals surface area contributed by atoms with Crippen LogP contribution in [0.1, 0.15) is 22.4 Å². The number of benzene rings is 1. The van der Waals surface area contributed by atoms with Crippen LogP contribution in [-0.4, -0.2) is 20.4 Å². The van der Waals surface area contributed by atoms with Gasteiger partial charge in [0.2, 0.25) is 5.91 Å². The number of aromatic nitrogens is 3. The van der Waals surface area contributed by atoms with E-state index in [0.717, 1.165) is 16.8 Å². The van der Waals surface area contributed by atoms with Gasteiger partial charge in [0, 0.05) is 17.8 Å². The van der Waals surface area contributed by atoms with Gasteiger partial charge in [0.05, 0.1) is 17.2 Å². The van der Waals surface area contributed by atoms with E-state index in [1.54, 1.807) is 19.1 Å². The van der Waals surface area contributed by atoms with E-state index in [-0.39, 0.29) is 30.1 Å². The Bertz CT molecular complexity index is 1110. The minimum absolute atomic E-state index is 0.106. The van der Waals surface area contributed by atoms with Crippen molar-refractivity contribution in [2.75, 3.05) is 0 Å². The van der Waals surface area contributed by atoms with E-state index >= 15 is 0 Å². The average molecular weight is 352 g/mol. The number of H-pyrrole nitrogens is 1. The molecular weight excluding hydrogens is 332 g/mol. The summed E-state index contributed by atoms with van der Waals surface area (Å²) < 4.78 is 1.27. The molecule has 2 heterocycles. The minimum atomic E-state index is -0.361. The van der Waals surface area contributed by atoms with Gasteiger partial charge in [0.15, 0.2) is 0 Å². The smallest absolute Gasteiger partial charge is 0.261 e. The van der Waals surface area contributed by atoms with Crippen molar-refractivity contribution in [1.29, 1.82) is 0 Å². The van der Waals surface area contributed by atoms with Crippen molar-refractivity contribution in [3.63, 3.8) is 0 Å². The zero-order chi connectivity index (χ0) is 18.8. The molecule has 0 spiro atoms.